The Bertz CT molecular complexity index is 350. The lowest BCUT2D eigenvalue weighted by molar-refractivity contribution is 0.156. The van der Waals surface area contributed by atoms with Gasteiger partial charge in [0.25, 0.3) is 0 Å². The molecule has 0 aromatic heterocycles. The lowest BCUT2D eigenvalue weighted by Crippen LogP contribution is -2.04. The summed E-state index contributed by atoms with van der Waals surface area (Å²) in [5.41, 5.74) is 6.99. The van der Waals surface area contributed by atoms with Crippen LogP contribution in [-0.2, 0) is 0 Å². The van der Waals surface area contributed by atoms with Crippen molar-refractivity contribution in [2.24, 2.45) is 5.73 Å². The van der Waals surface area contributed by atoms with Crippen LogP contribution in [0.2, 0.25) is 0 Å². The summed E-state index contributed by atoms with van der Waals surface area (Å²) in [6.45, 7) is 0. The zero-order valence-corrected chi connectivity index (χ0v) is 8.09. The van der Waals surface area contributed by atoms with E-state index >= 15 is 0 Å². The molecule has 0 aromatic carbocycles. The van der Waals surface area contributed by atoms with Gasteiger partial charge in [-0.1, -0.05) is 11.8 Å². The van der Waals surface area contributed by atoms with Gasteiger partial charge in [0.05, 0.1) is 5.60 Å². The van der Waals surface area contributed by atoms with E-state index in [4.69, 9.17) is 5.73 Å². The van der Waals surface area contributed by atoms with Gasteiger partial charge in [-0.05, 0) is 31.4 Å². The second-order valence-electron chi connectivity index (χ2n) is 3.97. The second-order valence-corrected chi connectivity index (χ2v) is 3.97. The molecule has 73 valence electrons. The maximum atomic E-state index is 9.54. The monoisotopic (exact) mass is 188 g/mol. The largest absolute Gasteiger partial charge is 0.402 e. The van der Waals surface area contributed by atoms with Crippen LogP contribution >= 0.6 is 0 Å². The molecule has 2 aliphatic rings. The minimum absolute atomic E-state index is 0.458. The predicted molar refractivity (Wildman–Crippen MR) is 55.8 cm³/mol. The van der Waals surface area contributed by atoms with Crippen molar-refractivity contribution in [3.05, 3.63) is 29.8 Å². The Balaban J connectivity index is 1.90. The lowest BCUT2D eigenvalue weighted by Gasteiger charge is -2.05. The molecular formula is C12H14NO. The molecule has 2 rings (SSSR count). The first kappa shape index (κ1) is 9.36. The molecule has 3 N–H and O–H groups in total. The molecule has 1 fully saturated rings. The first-order valence-corrected chi connectivity index (χ1v) is 4.89. The summed E-state index contributed by atoms with van der Waals surface area (Å²) in [7, 11) is 0. The summed E-state index contributed by atoms with van der Waals surface area (Å²) < 4.78 is 0. The third-order valence-corrected chi connectivity index (χ3v) is 2.53. The number of nitrogens with two attached hydrogens (primary N) is 1. The fourth-order valence-electron chi connectivity index (χ4n) is 1.30. The Morgan fingerprint density at radius 1 is 1.43 bits per heavy atom. The molecule has 1 saturated carbocycles. The Kier molecular flexibility index (Phi) is 2.35. The first-order chi connectivity index (χ1) is 6.68. The molecule has 0 heterocycles. The van der Waals surface area contributed by atoms with Gasteiger partial charge >= 0.3 is 0 Å². The summed E-state index contributed by atoms with van der Waals surface area (Å²) in [5, 5.41) is 9.54. The minimum Gasteiger partial charge on any atom is -0.402 e. The topological polar surface area (TPSA) is 46.2 Å². The Morgan fingerprint density at radius 3 is 2.79 bits per heavy atom. The van der Waals surface area contributed by atoms with Gasteiger partial charge in [0.2, 0.25) is 0 Å². The summed E-state index contributed by atoms with van der Waals surface area (Å²) in [6.07, 6.45) is 8.98. The van der Waals surface area contributed by atoms with Crippen molar-refractivity contribution >= 4 is 0 Å². The highest BCUT2D eigenvalue weighted by Crippen LogP contribution is 2.37. The third-order valence-electron chi connectivity index (χ3n) is 2.53. The summed E-state index contributed by atoms with van der Waals surface area (Å²) in [5.74, 6) is 6.07. The fraction of sp³-hybridized carbons (Fsp3) is 0.417. The Morgan fingerprint density at radius 2 is 2.21 bits per heavy atom. The van der Waals surface area contributed by atoms with Gasteiger partial charge in [-0.15, -0.1) is 0 Å². The SMILES string of the molecule is NC1=CC=C(C#CCC2(O)CC2)C[CH]1. The lowest BCUT2D eigenvalue weighted by atomic mass is 10.0. The van der Waals surface area contributed by atoms with E-state index in [1.807, 2.05) is 18.6 Å². The molecule has 0 bridgehead atoms. The second kappa shape index (κ2) is 3.51. The van der Waals surface area contributed by atoms with Crippen molar-refractivity contribution in [2.75, 3.05) is 0 Å². The van der Waals surface area contributed by atoms with E-state index in [1.54, 1.807) is 0 Å². The van der Waals surface area contributed by atoms with E-state index in [0.717, 1.165) is 30.5 Å². The number of hydrogen-bond acceptors (Lipinski definition) is 2. The van der Waals surface area contributed by atoms with Crippen LogP contribution in [-0.4, -0.2) is 10.7 Å². The van der Waals surface area contributed by atoms with Gasteiger partial charge in [0.1, 0.15) is 0 Å². The van der Waals surface area contributed by atoms with E-state index < -0.39 is 5.60 Å². The number of aliphatic hydroxyl groups is 1. The molecule has 0 aliphatic heterocycles. The van der Waals surface area contributed by atoms with Crippen molar-refractivity contribution in [2.45, 2.75) is 31.3 Å². The van der Waals surface area contributed by atoms with Gasteiger partial charge in [-0.3, -0.25) is 0 Å². The molecule has 0 unspecified atom stereocenters. The van der Waals surface area contributed by atoms with Crippen LogP contribution in [0.15, 0.2) is 23.4 Å². The van der Waals surface area contributed by atoms with Crippen molar-refractivity contribution in [3.63, 3.8) is 0 Å². The van der Waals surface area contributed by atoms with Gasteiger partial charge in [0, 0.05) is 24.1 Å². The standard InChI is InChI=1S/C12H14NO/c13-11-5-3-10(4-6-11)2-1-7-12(14)8-9-12/h3,5-6,14H,4,7-9,13H2. The van der Waals surface area contributed by atoms with Gasteiger partial charge in [0.15, 0.2) is 0 Å². The molecule has 0 spiro atoms. The highest BCUT2D eigenvalue weighted by atomic mass is 16.3. The molecule has 14 heavy (non-hydrogen) atoms. The van der Waals surface area contributed by atoms with E-state index in [2.05, 4.69) is 11.8 Å². The van der Waals surface area contributed by atoms with Crippen LogP contribution in [0.3, 0.4) is 0 Å². The molecule has 2 nitrogen and oxygen atoms in total. The van der Waals surface area contributed by atoms with Crippen LogP contribution in [0.4, 0.5) is 0 Å². The Labute approximate surface area is 84.5 Å². The summed E-state index contributed by atoms with van der Waals surface area (Å²) in [6, 6.07) is 0. The molecule has 1 radical (unpaired) electrons. The first-order valence-electron chi connectivity index (χ1n) is 4.89. The zero-order valence-electron chi connectivity index (χ0n) is 8.09. The molecule has 0 atom stereocenters. The summed E-state index contributed by atoms with van der Waals surface area (Å²) >= 11 is 0. The molecular weight excluding hydrogens is 174 g/mol. The summed E-state index contributed by atoms with van der Waals surface area (Å²) in [4.78, 5) is 0. The third kappa shape index (κ3) is 2.40. The molecule has 0 saturated heterocycles. The highest BCUT2D eigenvalue weighted by Gasteiger charge is 2.39. The number of hydrogen-bond donors (Lipinski definition) is 2. The average molecular weight is 188 g/mol. The number of rotatable bonds is 1. The Hall–Kier alpha value is -1.20. The minimum atomic E-state index is -0.458. The van der Waals surface area contributed by atoms with E-state index in [-0.39, 0.29) is 0 Å². The van der Waals surface area contributed by atoms with Gasteiger partial charge in [-0.25, -0.2) is 0 Å². The highest BCUT2D eigenvalue weighted by molar-refractivity contribution is 5.40. The maximum absolute atomic E-state index is 9.54. The normalized spacial score (nSPS) is 22.9. The zero-order chi connectivity index (χ0) is 10.0. The molecule has 0 aromatic rings. The van der Waals surface area contributed by atoms with Crippen molar-refractivity contribution in [1.29, 1.82) is 0 Å². The van der Waals surface area contributed by atoms with Crippen molar-refractivity contribution in [3.8, 4) is 11.8 Å². The van der Waals surface area contributed by atoms with Crippen LogP contribution in [0, 0.1) is 18.3 Å². The van der Waals surface area contributed by atoms with Crippen LogP contribution in [0.25, 0.3) is 0 Å². The number of allylic oxidation sites excluding steroid dienone is 4. The molecule has 0 amide bonds. The quantitative estimate of drug-likeness (QED) is 0.609. The van der Waals surface area contributed by atoms with Crippen LogP contribution in [0.5, 0.6) is 0 Å². The molecule has 2 aliphatic carbocycles. The smallest absolute Gasteiger partial charge is 0.0758 e. The van der Waals surface area contributed by atoms with Crippen LogP contribution in [0.1, 0.15) is 25.7 Å². The maximum Gasteiger partial charge on any atom is 0.0758 e. The van der Waals surface area contributed by atoms with Crippen molar-refractivity contribution in [1.82, 2.24) is 0 Å². The van der Waals surface area contributed by atoms with Gasteiger partial charge < -0.3 is 10.8 Å². The molecule has 2 heteroatoms. The fourth-order valence-corrected chi connectivity index (χ4v) is 1.30. The van der Waals surface area contributed by atoms with Crippen LogP contribution < -0.4 is 5.73 Å². The van der Waals surface area contributed by atoms with E-state index in [0.29, 0.717) is 6.42 Å². The average Bonchev–Trinajstić information content (AvgIpc) is 2.88. The van der Waals surface area contributed by atoms with E-state index in [1.165, 1.54) is 0 Å². The van der Waals surface area contributed by atoms with Crippen molar-refractivity contribution < 1.29 is 5.11 Å². The van der Waals surface area contributed by atoms with E-state index in [9.17, 15) is 5.11 Å². The predicted octanol–water partition coefficient (Wildman–Crippen LogP) is 1.28. The van der Waals surface area contributed by atoms with Gasteiger partial charge in [-0.2, -0.15) is 0 Å².